The van der Waals surface area contributed by atoms with Crippen molar-refractivity contribution in [2.75, 3.05) is 7.11 Å². The average molecular weight is 244 g/mol. The van der Waals surface area contributed by atoms with Crippen LogP contribution < -0.4 is 10.1 Å². The van der Waals surface area contributed by atoms with Gasteiger partial charge in [0.2, 0.25) is 0 Å². The standard InChI is InChI=1S/C14H16N2O2/c1-4-12(10-15-2)14(17)16-9-11-5-7-13(18-3)8-6-11/h4-8,10H,1-2,9H2,3H3,(H,16,17)/b12-10+. The van der Waals surface area contributed by atoms with Crippen LogP contribution in [0.3, 0.4) is 0 Å². The molecule has 1 amide bonds. The first-order chi connectivity index (χ1) is 8.71. The Morgan fingerprint density at radius 3 is 2.61 bits per heavy atom. The Morgan fingerprint density at radius 1 is 1.44 bits per heavy atom. The van der Waals surface area contributed by atoms with Crippen LogP contribution in [0.25, 0.3) is 0 Å². The Kier molecular flexibility index (Phi) is 5.38. The summed E-state index contributed by atoms with van der Waals surface area (Å²) in [6.07, 6.45) is 2.81. The fraction of sp³-hybridized carbons (Fsp3) is 0.143. The molecule has 0 atom stereocenters. The lowest BCUT2D eigenvalue weighted by Gasteiger charge is -2.06. The monoisotopic (exact) mass is 244 g/mol. The first-order valence-corrected chi connectivity index (χ1v) is 5.40. The van der Waals surface area contributed by atoms with E-state index in [1.54, 1.807) is 7.11 Å². The normalized spacial score (nSPS) is 10.6. The van der Waals surface area contributed by atoms with Crippen molar-refractivity contribution in [1.82, 2.24) is 5.32 Å². The molecule has 0 saturated heterocycles. The number of carbonyl (C=O) groups excluding carboxylic acids is 1. The van der Waals surface area contributed by atoms with Crippen LogP contribution in [0.2, 0.25) is 0 Å². The highest BCUT2D eigenvalue weighted by Gasteiger charge is 2.04. The van der Waals surface area contributed by atoms with Crippen molar-refractivity contribution in [1.29, 1.82) is 0 Å². The van der Waals surface area contributed by atoms with E-state index in [0.29, 0.717) is 12.1 Å². The van der Waals surface area contributed by atoms with Crippen LogP contribution in [-0.2, 0) is 11.3 Å². The minimum absolute atomic E-state index is 0.229. The highest BCUT2D eigenvalue weighted by Crippen LogP contribution is 2.11. The number of methoxy groups -OCH3 is 1. The third-order valence-electron chi connectivity index (χ3n) is 2.32. The third kappa shape index (κ3) is 3.90. The van der Waals surface area contributed by atoms with Crippen molar-refractivity contribution in [3.05, 3.63) is 54.3 Å². The molecular formula is C14H16N2O2. The van der Waals surface area contributed by atoms with E-state index >= 15 is 0 Å². The molecule has 1 aromatic carbocycles. The maximum Gasteiger partial charge on any atom is 0.253 e. The van der Waals surface area contributed by atoms with Gasteiger partial charge in [-0.15, -0.1) is 0 Å². The minimum atomic E-state index is -0.229. The van der Waals surface area contributed by atoms with E-state index in [-0.39, 0.29) is 5.91 Å². The molecule has 1 N–H and O–H groups in total. The van der Waals surface area contributed by atoms with Gasteiger partial charge in [-0.05, 0) is 24.4 Å². The summed E-state index contributed by atoms with van der Waals surface area (Å²) in [6.45, 7) is 7.28. The van der Waals surface area contributed by atoms with Crippen molar-refractivity contribution in [2.45, 2.75) is 6.54 Å². The van der Waals surface area contributed by atoms with Crippen molar-refractivity contribution in [3.8, 4) is 5.75 Å². The number of nitrogens with zero attached hydrogens (tertiary/aromatic N) is 1. The van der Waals surface area contributed by atoms with Crippen molar-refractivity contribution in [3.63, 3.8) is 0 Å². The summed E-state index contributed by atoms with van der Waals surface area (Å²) in [5.41, 5.74) is 1.37. The molecule has 0 heterocycles. The number of hydrogen-bond donors (Lipinski definition) is 1. The van der Waals surface area contributed by atoms with E-state index in [0.717, 1.165) is 11.3 Å². The maximum absolute atomic E-state index is 11.7. The van der Waals surface area contributed by atoms with E-state index in [1.807, 2.05) is 24.3 Å². The first-order valence-electron chi connectivity index (χ1n) is 5.40. The molecule has 0 unspecified atom stereocenters. The summed E-state index contributed by atoms with van der Waals surface area (Å²) < 4.78 is 5.05. The van der Waals surface area contributed by atoms with Gasteiger partial charge in [0.25, 0.3) is 5.91 Å². The van der Waals surface area contributed by atoms with Crippen LogP contribution >= 0.6 is 0 Å². The number of ether oxygens (including phenoxy) is 1. The Labute approximate surface area is 107 Å². The third-order valence-corrected chi connectivity index (χ3v) is 2.32. The van der Waals surface area contributed by atoms with Gasteiger partial charge < -0.3 is 10.1 Å². The molecule has 0 aliphatic heterocycles. The minimum Gasteiger partial charge on any atom is -0.497 e. The van der Waals surface area contributed by atoms with Gasteiger partial charge in [0.15, 0.2) is 0 Å². The zero-order chi connectivity index (χ0) is 13.4. The summed E-state index contributed by atoms with van der Waals surface area (Å²) in [5.74, 6) is 0.556. The fourth-order valence-electron chi connectivity index (χ4n) is 1.33. The van der Waals surface area contributed by atoms with Gasteiger partial charge >= 0.3 is 0 Å². The lowest BCUT2D eigenvalue weighted by molar-refractivity contribution is -0.117. The van der Waals surface area contributed by atoms with Gasteiger partial charge in [0.1, 0.15) is 5.75 Å². The molecule has 0 fully saturated rings. The second-order valence-corrected chi connectivity index (χ2v) is 3.50. The topological polar surface area (TPSA) is 50.7 Å². The molecule has 0 aromatic heterocycles. The van der Waals surface area contributed by atoms with Gasteiger partial charge in [-0.2, -0.15) is 0 Å². The predicted molar refractivity (Wildman–Crippen MR) is 72.7 cm³/mol. The SMILES string of the molecule is C=C/C(=C\N=C)C(=O)NCc1ccc(OC)cc1. The second-order valence-electron chi connectivity index (χ2n) is 3.50. The van der Waals surface area contributed by atoms with Crippen molar-refractivity contribution < 1.29 is 9.53 Å². The number of aliphatic imine (C=N–C) groups is 1. The molecule has 4 nitrogen and oxygen atoms in total. The number of nitrogens with one attached hydrogen (secondary N) is 1. The van der Waals surface area contributed by atoms with Crippen LogP contribution in [-0.4, -0.2) is 19.7 Å². The summed E-state index contributed by atoms with van der Waals surface area (Å²) >= 11 is 0. The number of hydrogen-bond acceptors (Lipinski definition) is 3. The van der Waals surface area contributed by atoms with E-state index in [4.69, 9.17) is 4.74 Å². The van der Waals surface area contributed by atoms with Gasteiger partial charge in [0.05, 0.1) is 12.7 Å². The van der Waals surface area contributed by atoms with Crippen LogP contribution in [0.1, 0.15) is 5.56 Å². The Morgan fingerprint density at radius 2 is 2.11 bits per heavy atom. The summed E-state index contributed by atoms with van der Waals surface area (Å²) in [5, 5.41) is 2.77. The highest BCUT2D eigenvalue weighted by atomic mass is 16.5. The van der Waals surface area contributed by atoms with Gasteiger partial charge in [0, 0.05) is 12.7 Å². The van der Waals surface area contributed by atoms with Gasteiger partial charge in [-0.1, -0.05) is 24.8 Å². The largest absolute Gasteiger partial charge is 0.497 e. The maximum atomic E-state index is 11.7. The van der Waals surface area contributed by atoms with Crippen molar-refractivity contribution >= 4 is 12.6 Å². The van der Waals surface area contributed by atoms with E-state index in [2.05, 4.69) is 23.6 Å². The fourth-order valence-corrected chi connectivity index (χ4v) is 1.33. The van der Waals surface area contributed by atoms with E-state index < -0.39 is 0 Å². The summed E-state index contributed by atoms with van der Waals surface area (Å²) in [7, 11) is 1.61. The Bertz CT molecular complexity index is 461. The molecule has 0 aliphatic rings. The van der Waals surface area contributed by atoms with Crippen LogP contribution in [0, 0.1) is 0 Å². The highest BCUT2D eigenvalue weighted by molar-refractivity contribution is 5.95. The van der Waals surface area contributed by atoms with Gasteiger partial charge in [-0.25, -0.2) is 0 Å². The zero-order valence-electron chi connectivity index (χ0n) is 10.3. The van der Waals surface area contributed by atoms with Crippen LogP contribution in [0.4, 0.5) is 0 Å². The second kappa shape index (κ2) is 7.06. The molecule has 0 aliphatic carbocycles. The van der Waals surface area contributed by atoms with Gasteiger partial charge in [-0.3, -0.25) is 9.79 Å². The molecule has 94 valence electrons. The number of carbonyl (C=O) groups is 1. The van der Waals surface area contributed by atoms with Crippen molar-refractivity contribution in [2.24, 2.45) is 4.99 Å². The summed E-state index contributed by atoms with van der Waals surface area (Å²) in [6, 6.07) is 7.47. The molecule has 0 bridgehead atoms. The van der Waals surface area contributed by atoms with E-state index in [1.165, 1.54) is 12.3 Å². The summed E-state index contributed by atoms with van der Waals surface area (Å²) in [4.78, 5) is 15.2. The molecule has 1 aromatic rings. The quantitative estimate of drug-likeness (QED) is 0.473. The number of amides is 1. The van der Waals surface area contributed by atoms with Crippen LogP contribution in [0.15, 0.2) is 53.7 Å². The molecule has 4 heteroatoms. The molecule has 18 heavy (non-hydrogen) atoms. The molecule has 1 rings (SSSR count). The Hall–Kier alpha value is -2.36. The number of rotatable bonds is 6. The Balaban J connectivity index is 2.58. The number of benzene rings is 1. The molecule has 0 saturated carbocycles. The van der Waals surface area contributed by atoms with E-state index in [9.17, 15) is 4.79 Å². The molecule has 0 radical (unpaired) electrons. The lowest BCUT2D eigenvalue weighted by atomic mass is 10.2. The smallest absolute Gasteiger partial charge is 0.253 e. The molecular weight excluding hydrogens is 228 g/mol. The lowest BCUT2D eigenvalue weighted by Crippen LogP contribution is -2.23. The first kappa shape index (κ1) is 13.7. The molecule has 0 spiro atoms. The average Bonchev–Trinajstić information content (AvgIpc) is 2.42. The zero-order valence-corrected chi connectivity index (χ0v) is 10.3. The van der Waals surface area contributed by atoms with Crippen LogP contribution in [0.5, 0.6) is 5.75 Å². The predicted octanol–water partition coefficient (Wildman–Crippen LogP) is 2.08.